The number of hydrogen-bond acceptors (Lipinski definition) is 7. The first kappa shape index (κ1) is 16.7. The Labute approximate surface area is 154 Å². The number of nitrogens with one attached hydrogen (secondary N) is 1. The lowest BCUT2D eigenvalue weighted by atomic mass is 10.2. The maximum Gasteiger partial charge on any atom is 0.258 e. The molecule has 0 bridgehead atoms. The van der Waals surface area contributed by atoms with Crippen molar-refractivity contribution in [3.63, 3.8) is 0 Å². The zero-order valence-corrected chi connectivity index (χ0v) is 14.7. The lowest BCUT2D eigenvalue weighted by Crippen LogP contribution is -2.24. The first-order valence-electron chi connectivity index (χ1n) is 8.20. The quantitative estimate of drug-likeness (QED) is 0.577. The highest BCUT2D eigenvalue weighted by Crippen LogP contribution is 2.19. The second kappa shape index (κ2) is 6.87. The third kappa shape index (κ3) is 3.34. The van der Waals surface area contributed by atoms with Gasteiger partial charge in [0.15, 0.2) is 17.3 Å². The van der Waals surface area contributed by atoms with E-state index in [1.54, 1.807) is 55.0 Å². The van der Waals surface area contributed by atoms with E-state index in [2.05, 4.69) is 25.7 Å². The van der Waals surface area contributed by atoms with Crippen molar-refractivity contribution in [1.29, 1.82) is 0 Å². The van der Waals surface area contributed by atoms with Gasteiger partial charge in [0, 0.05) is 17.3 Å². The zero-order valence-electron chi connectivity index (χ0n) is 14.7. The van der Waals surface area contributed by atoms with Crippen LogP contribution in [0.5, 0.6) is 5.75 Å². The molecule has 0 aliphatic carbocycles. The topological polar surface area (TPSA) is 107 Å². The zero-order chi connectivity index (χ0) is 18.8. The van der Waals surface area contributed by atoms with Crippen molar-refractivity contribution in [2.75, 3.05) is 7.11 Å². The summed E-state index contributed by atoms with van der Waals surface area (Å²) in [5, 5.41) is 14.9. The molecule has 0 aliphatic rings. The lowest BCUT2D eigenvalue weighted by molar-refractivity contribution is 0.0949. The molecule has 3 heterocycles. The van der Waals surface area contributed by atoms with Crippen LogP contribution < -0.4 is 10.1 Å². The van der Waals surface area contributed by atoms with Gasteiger partial charge in [-0.3, -0.25) is 9.20 Å². The van der Waals surface area contributed by atoms with E-state index in [0.29, 0.717) is 34.5 Å². The first-order valence-corrected chi connectivity index (χ1v) is 8.20. The van der Waals surface area contributed by atoms with Gasteiger partial charge in [-0.25, -0.2) is 0 Å². The number of aryl methyl sites for hydroxylation is 1. The van der Waals surface area contributed by atoms with Gasteiger partial charge in [0.2, 0.25) is 0 Å². The molecule has 27 heavy (non-hydrogen) atoms. The molecule has 0 spiro atoms. The lowest BCUT2D eigenvalue weighted by Gasteiger charge is -2.06. The molecule has 0 radical (unpaired) electrons. The molecule has 1 amide bonds. The van der Waals surface area contributed by atoms with Crippen molar-refractivity contribution in [3.05, 3.63) is 59.8 Å². The van der Waals surface area contributed by atoms with Crippen molar-refractivity contribution in [2.45, 2.75) is 13.5 Å². The highest BCUT2D eigenvalue weighted by Gasteiger charge is 2.12. The Kier molecular flexibility index (Phi) is 4.25. The summed E-state index contributed by atoms with van der Waals surface area (Å²) >= 11 is 0. The summed E-state index contributed by atoms with van der Waals surface area (Å²) in [5.74, 6) is 2.00. The summed E-state index contributed by atoms with van der Waals surface area (Å²) in [6.45, 7) is 1.99. The molecule has 1 aromatic carbocycles. The van der Waals surface area contributed by atoms with Crippen LogP contribution in [0.4, 0.5) is 0 Å². The van der Waals surface area contributed by atoms with E-state index in [4.69, 9.17) is 9.26 Å². The highest BCUT2D eigenvalue weighted by atomic mass is 16.5. The second-order valence-corrected chi connectivity index (χ2v) is 5.82. The number of carbonyl (C=O) groups is 1. The smallest absolute Gasteiger partial charge is 0.258 e. The van der Waals surface area contributed by atoms with E-state index in [1.165, 1.54) is 0 Å². The third-order valence-electron chi connectivity index (χ3n) is 3.99. The summed E-state index contributed by atoms with van der Waals surface area (Å²) in [5.41, 5.74) is 1.88. The molecule has 136 valence electrons. The van der Waals surface area contributed by atoms with E-state index in [9.17, 15) is 4.79 Å². The van der Waals surface area contributed by atoms with Gasteiger partial charge in [-0.2, -0.15) is 4.98 Å². The number of ether oxygens (including phenoxy) is 1. The Morgan fingerprint density at radius 1 is 1.26 bits per heavy atom. The molecule has 0 aliphatic heterocycles. The normalized spacial score (nSPS) is 10.9. The third-order valence-corrected chi connectivity index (χ3v) is 3.99. The Balaban J connectivity index is 1.51. The standard InChI is InChI=1S/C18H16N6O3/c1-11-20-18(27-23-11)13-6-7-24-15(9-13)21-22-16(24)10-19-17(25)12-4-3-5-14(8-12)26-2/h3-9H,10H2,1-2H3,(H,19,25). The van der Waals surface area contributed by atoms with Crippen molar-refractivity contribution in [2.24, 2.45) is 0 Å². The van der Waals surface area contributed by atoms with E-state index >= 15 is 0 Å². The van der Waals surface area contributed by atoms with Gasteiger partial charge in [0.05, 0.1) is 13.7 Å². The van der Waals surface area contributed by atoms with Crippen molar-refractivity contribution in [3.8, 4) is 17.2 Å². The number of rotatable bonds is 5. The van der Waals surface area contributed by atoms with E-state index in [-0.39, 0.29) is 12.5 Å². The number of hydrogen-bond donors (Lipinski definition) is 1. The predicted octanol–water partition coefficient (Wildman–Crippen LogP) is 2.03. The second-order valence-electron chi connectivity index (χ2n) is 5.82. The molecular weight excluding hydrogens is 348 g/mol. The molecule has 4 aromatic rings. The first-order chi connectivity index (χ1) is 13.1. The van der Waals surface area contributed by atoms with Crippen LogP contribution in [0.25, 0.3) is 17.1 Å². The number of fused-ring (bicyclic) bond motifs is 1. The van der Waals surface area contributed by atoms with E-state index in [1.807, 2.05) is 6.07 Å². The summed E-state index contributed by atoms with van der Waals surface area (Å²) in [6, 6.07) is 10.6. The van der Waals surface area contributed by atoms with Crippen LogP contribution in [0.15, 0.2) is 47.1 Å². The van der Waals surface area contributed by atoms with Gasteiger partial charge in [0.25, 0.3) is 11.8 Å². The minimum absolute atomic E-state index is 0.219. The highest BCUT2D eigenvalue weighted by molar-refractivity contribution is 5.94. The number of methoxy groups -OCH3 is 1. The Bertz CT molecular complexity index is 1120. The molecule has 0 fully saturated rings. The van der Waals surface area contributed by atoms with Crippen molar-refractivity contribution >= 4 is 11.6 Å². The van der Waals surface area contributed by atoms with Crippen LogP contribution in [0, 0.1) is 6.92 Å². The van der Waals surface area contributed by atoms with Gasteiger partial charge in [-0.1, -0.05) is 11.2 Å². The molecule has 0 unspecified atom stereocenters. The molecule has 0 saturated carbocycles. The van der Waals surface area contributed by atoms with Crippen LogP contribution in [0.2, 0.25) is 0 Å². The van der Waals surface area contributed by atoms with Gasteiger partial charge in [-0.15, -0.1) is 10.2 Å². The molecule has 4 rings (SSSR count). The Hall–Kier alpha value is -3.75. The fraction of sp³-hybridized carbons (Fsp3) is 0.167. The molecule has 9 nitrogen and oxygen atoms in total. The van der Waals surface area contributed by atoms with Crippen LogP contribution in [0.1, 0.15) is 22.0 Å². The molecule has 3 aromatic heterocycles. The van der Waals surface area contributed by atoms with Crippen LogP contribution in [0.3, 0.4) is 0 Å². The number of carbonyl (C=O) groups excluding carboxylic acids is 1. The maximum absolute atomic E-state index is 12.3. The van der Waals surface area contributed by atoms with Crippen molar-refractivity contribution in [1.82, 2.24) is 30.1 Å². The van der Waals surface area contributed by atoms with Gasteiger partial charge in [0.1, 0.15) is 5.75 Å². The SMILES string of the molecule is COc1cccc(C(=O)NCc2nnc3cc(-c4nc(C)no4)ccn23)c1. The maximum atomic E-state index is 12.3. The summed E-state index contributed by atoms with van der Waals surface area (Å²) in [6.07, 6.45) is 1.80. The number of amides is 1. The number of aromatic nitrogens is 5. The molecular formula is C18H16N6O3. The van der Waals surface area contributed by atoms with Crippen LogP contribution in [-0.2, 0) is 6.54 Å². The average molecular weight is 364 g/mol. The van der Waals surface area contributed by atoms with Crippen LogP contribution >= 0.6 is 0 Å². The molecule has 0 saturated heterocycles. The van der Waals surface area contributed by atoms with E-state index < -0.39 is 0 Å². The summed E-state index contributed by atoms with van der Waals surface area (Å²) in [7, 11) is 1.56. The van der Waals surface area contributed by atoms with Gasteiger partial charge >= 0.3 is 0 Å². The Morgan fingerprint density at radius 3 is 2.93 bits per heavy atom. The minimum Gasteiger partial charge on any atom is -0.497 e. The number of nitrogens with zero attached hydrogens (tertiary/aromatic N) is 5. The van der Waals surface area contributed by atoms with Crippen LogP contribution in [-0.4, -0.2) is 37.8 Å². The monoisotopic (exact) mass is 364 g/mol. The molecule has 9 heteroatoms. The summed E-state index contributed by atoms with van der Waals surface area (Å²) < 4.78 is 12.1. The number of benzene rings is 1. The minimum atomic E-state index is -0.219. The van der Waals surface area contributed by atoms with Crippen molar-refractivity contribution < 1.29 is 14.1 Å². The average Bonchev–Trinajstić information content (AvgIpc) is 3.31. The fourth-order valence-electron chi connectivity index (χ4n) is 2.63. The Morgan fingerprint density at radius 2 is 2.15 bits per heavy atom. The fourth-order valence-corrected chi connectivity index (χ4v) is 2.63. The largest absolute Gasteiger partial charge is 0.497 e. The number of pyridine rings is 1. The van der Waals surface area contributed by atoms with Gasteiger partial charge in [-0.05, 0) is 37.3 Å². The molecule has 1 N–H and O–H groups in total. The van der Waals surface area contributed by atoms with E-state index in [0.717, 1.165) is 5.56 Å². The summed E-state index contributed by atoms with van der Waals surface area (Å²) in [4.78, 5) is 16.5. The predicted molar refractivity (Wildman–Crippen MR) is 95.2 cm³/mol. The molecule has 0 atom stereocenters. The van der Waals surface area contributed by atoms with Gasteiger partial charge < -0.3 is 14.6 Å².